The lowest BCUT2D eigenvalue weighted by Crippen LogP contribution is -2.17. The van der Waals surface area contributed by atoms with Crippen molar-refractivity contribution in [3.8, 4) is 0 Å². The van der Waals surface area contributed by atoms with Gasteiger partial charge in [-0.05, 0) is 39.2 Å². The molecule has 1 N–H and O–H groups in total. The van der Waals surface area contributed by atoms with Crippen molar-refractivity contribution < 1.29 is 14.0 Å². The molecule has 0 spiro atoms. The van der Waals surface area contributed by atoms with Crippen LogP contribution in [0.2, 0.25) is 0 Å². The first kappa shape index (κ1) is 16.9. The summed E-state index contributed by atoms with van der Waals surface area (Å²) in [6.07, 6.45) is 0. The van der Waals surface area contributed by atoms with Gasteiger partial charge in [0.1, 0.15) is 5.58 Å². The van der Waals surface area contributed by atoms with Gasteiger partial charge in [0.25, 0.3) is 5.91 Å². The highest BCUT2D eigenvalue weighted by Gasteiger charge is 2.21. The van der Waals surface area contributed by atoms with E-state index in [1.807, 2.05) is 43.3 Å². The van der Waals surface area contributed by atoms with Crippen LogP contribution in [-0.2, 0) is 6.54 Å². The molecule has 0 aliphatic heterocycles. The summed E-state index contributed by atoms with van der Waals surface area (Å²) in [5.74, 6) is -0.0787. The highest BCUT2D eigenvalue weighted by molar-refractivity contribution is 6.07. The topological polar surface area (TPSA) is 62.6 Å². The van der Waals surface area contributed by atoms with Crippen LogP contribution in [0.5, 0.6) is 0 Å². The molecule has 0 atom stereocenters. The van der Waals surface area contributed by atoms with Crippen molar-refractivity contribution in [2.24, 2.45) is 0 Å². The molecular formula is C20H20N2O3. The number of furan rings is 1. The Morgan fingerprint density at radius 1 is 1.08 bits per heavy atom. The van der Waals surface area contributed by atoms with E-state index in [2.05, 4.69) is 5.32 Å². The minimum absolute atomic E-state index is 0.0480. The van der Waals surface area contributed by atoms with Gasteiger partial charge < -0.3 is 14.6 Å². The zero-order chi connectivity index (χ0) is 18.0. The Morgan fingerprint density at radius 2 is 1.84 bits per heavy atom. The summed E-state index contributed by atoms with van der Waals surface area (Å²) in [5.41, 5.74) is 2.65. The van der Waals surface area contributed by atoms with E-state index in [1.54, 1.807) is 24.3 Å². The summed E-state index contributed by atoms with van der Waals surface area (Å²) in [4.78, 5) is 26.3. The first-order valence-electron chi connectivity index (χ1n) is 8.03. The van der Waals surface area contributed by atoms with E-state index in [9.17, 15) is 9.59 Å². The summed E-state index contributed by atoms with van der Waals surface area (Å²) in [7, 11) is 3.89. The smallest absolute Gasteiger partial charge is 0.291 e. The third-order valence-corrected chi connectivity index (χ3v) is 3.91. The minimum Gasteiger partial charge on any atom is -0.451 e. The fraction of sp³-hybridized carbons (Fsp3) is 0.200. The number of fused-ring (bicyclic) bond motifs is 1. The van der Waals surface area contributed by atoms with E-state index in [0.29, 0.717) is 29.1 Å². The van der Waals surface area contributed by atoms with Crippen molar-refractivity contribution in [3.63, 3.8) is 0 Å². The lowest BCUT2D eigenvalue weighted by atomic mass is 10.1. The molecular weight excluding hydrogens is 316 g/mol. The number of para-hydroxylation sites is 1. The Balaban J connectivity index is 1.96. The maximum Gasteiger partial charge on any atom is 0.291 e. The molecule has 0 radical (unpaired) electrons. The zero-order valence-electron chi connectivity index (χ0n) is 14.5. The van der Waals surface area contributed by atoms with Gasteiger partial charge in [-0.3, -0.25) is 9.59 Å². The SMILES string of the molecule is CC(=O)c1cccc(NC(=O)c2oc3ccccc3c2CN(C)C)c1. The summed E-state index contributed by atoms with van der Waals surface area (Å²) in [6, 6.07) is 14.5. The van der Waals surface area contributed by atoms with E-state index >= 15 is 0 Å². The van der Waals surface area contributed by atoms with Crippen LogP contribution >= 0.6 is 0 Å². The summed E-state index contributed by atoms with van der Waals surface area (Å²) in [5, 5.41) is 3.75. The van der Waals surface area contributed by atoms with Gasteiger partial charge >= 0.3 is 0 Å². The molecule has 5 nitrogen and oxygen atoms in total. The maximum absolute atomic E-state index is 12.8. The quantitative estimate of drug-likeness (QED) is 0.717. The van der Waals surface area contributed by atoms with E-state index in [-0.39, 0.29) is 11.7 Å². The zero-order valence-corrected chi connectivity index (χ0v) is 14.5. The third kappa shape index (κ3) is 3.61. The van der Waals surface area contributed by atoms with E-state index in [0.717, 1.165) is 10.9 Å². The Labute approximate surface area is 146 Å². The van der Waals surface area contributed by atoms with Gasteiger partial charge in [-0.1, -0.05) is 30.3 Å². The Hall–Kier alpha value is -2.92. The van der Waals surface area contributed by atoms with Crippen molar-refractivity contribution in [1.29, 1.82) is 0 Å². The monoisotopic (exact) mass is 336 g/mol. The van der Waals surface area contributed by atoms with Gasteiger partial charge in [-0.2, -0.15) is 0 Å². The van der Waals surface area contributed by atoms with Crippen LogP contribution in [0, 0.1) is 0 Å². The average molecular weight is 336 g/mol. The molecule has 0 aliphatic carbocycles. The number of ketones is 1. The summed E-state index contributed by atoms with van der Waals surface area (Å²) in [6.45, 7) is 2.09. The number of anilines is 1. The van der Waals surface area contributed by atoms with E-state index in [1.165, 1.54) is 6.92 Å². The molecule has 0 bridgehead atoms. The first-order valence-corrected chi connectivity index (χ1v) is 8.03. The van der Waals surface area contributed by atoms with E-state index in [4.69, 9.17) is 4.42 Å². The van der Waals surface area contributed by atoms with Crippen LogP contribution in [0.4, 0.5) is 5.69 Å². The number of benzene rings is 2. The first-order chi connectivity index (χ1) is 12.0. The fourth-order valence-corrected chi connectivity index (χ4v) is 2.76. The number of carbonyl (C=O) groups excluding carboxylic acids is 2. The van der Waals surface area contributed by atoms with Gasteiger partial charge in [0.05, 0.1) is 0 Å². The van der Waals surface area contributed by atoms with Crippen molar-refractivity contribution in [3.05, 3.63) is 65.4 Å². The van der Waals surface area contributed by atoms with Gasteiger partial charge in [0.15, 0.2) is 11.5 Å². The third-order valence-electron chi connectivity index (χ3n) is 3.91. The molecule has 0 aliphatic rings. The number of nitrogens with one attached hydrogen (secondary N) is 1. The van der Waals surface area contributed by atoms with Crippen LogP contribution < -0.4 is 5.32 Å². The standard InChI is InChI=1S/C20H20N2O3/c1-13(23)14-7-6-8-15(11-14)21-20(24)19-17(12-22(2)3)16-9-4-5-10-18(16)25-19/h4-11H,12H2,1-3H3,(H,21,24). The molecule has 25 heavy (non-hydrogen) atoms. The Bertz CT molecular complexity index is 941. The van der Waals surface area contributed by atoms with Crippen LogP contribution in [0.15, 0.2) is 52.9 Å². The predicted octanol–water partition coefficient (Wildman–Crippen LogP) is 3.95. The highest BCUT2D eigenvalue weighted by atomic mass is 16.3. The summed E-state index contributed by atoms with van der Waals surface area (Å²) >= 11 is 0. The number of carbonyl (C=O) groups is 2. The molecule has 0 saturated carbocycles. The molecule has 3 rings (SSSR count). The van der Waals surface area contributed by atoms with Gasteiger partial charge in [0.2, 0.25) is 0 Å². The van der Waals surface area contributed by atoms with Gasteiger partial charge in [-0.25, -0.2) is 0 Å². The minimum atomic E-state index is -0.325. The number of amides is 1. The Morgan fingerprint density at radius 3 is 2.56 bits per heavy atom. The molecule has 0 fully saturated rings. The molecule has 128 valence electrons. The number of hydrogen-bond donors (Lipinski definition) is 1. The van der Waals surface area contributed by atoms with Crippen molar-refractivity contribution >= 4 is 28.3 Å². The number of hydrogen-bond acceptors (Lipinski definition) is 4. The van der Waals surface area contributed by atoms with Crippen molar-refractivity contribution in [1.82, 2.24) is 4.90 Å². The largest absolute Gasteiger partial charge is 0.451 e. The number of Topliss-reactive ketones (excluding diaryl/α,β-unsaturated/α-hetero) is 1. The van der Waals surface area contributed by atoms with E-state index < -0.39 is 0 Å². The van der Waals surface area contributed by atoms with Crippen molar-refractivity contribution in [2.75, 3.05) is 19.4 Å². The predicted molar refractivity (Wildman–Crippen MR) is 98.0 cm³/mol. The van der Waals surface area contributed by atoms with Gasteiger partial charge in [0, 0.05) is 28.7 Å². The number of nitrogens with zero attached hydrogens (tertiary/aromatic N) is 1. The molecule has 0 saturated heterocycles. The summed E-state index contributed by atoms with van der Waals surface area (Å²) < 4.78 is 5.81. The average Bonchev–Trinajstić information content (AvgIpc) is 2.93. The molecule has 1 heterocycles. The highest BCUT2D eigenvalue weighted by Crippen LogP contribution is 2.27. The Kier molecular flexibility index (Phi) is 4.67. The number of rotatable bonds is 5. The van der Waals surface area contributed by atoms with Crippen molar-refractivity contribution in [2.45, 2.75) is 13.5 Å². The van der Waals surface area contributed by atoms with Crippen LogP contribution in [0.25, 0.3) is 11.0 Å². The lowest BCUT2D eigenvalue weighted by molar-refractivity contribution is 0.0992. The van der Waals surface area contributed by atoms with Crippen LogP contribution in [0.1, 0.15) is 33.4 Å². The maximum atomic E-state index is 12.8. The second-order valence-corrected chi connectivity index (χ2v) is 6.23. The van der Waals surface area contributed by atoms with Crippen LogP contribution in [0.3, 0.4) is 0 Å². The van der Waals surface area contributed by atoms with Crippen LogP contribution in [-0.4, -0.2) is 30.7 Å². The molecule has 0 unspecified atom stereocenters. The molecule has 5 heteroatoms. The fourth-order valence-electron chi connectivity index (χ4n) is 2.76. The molecule has 3 aromatic rings. The molecule has 1 aromatic heterocycles. The molecule has 2 aromatic carbocycles. The normalized spacial score (nSPS) is 11.0. The second kappa shape index (κ2) is 6.91. The molecule has 1 amide bonds. The van der Waals surface area contributed by atoms with Gasteiger partial charge in [-0.15, -0.1) is 0 Å². The lowest BCUT2D eigenvalue weighted by Gasteiger charge is -2.10. The second-order valence-electron chi connectivity index (χ2n) is 6.23.